The van der Waals surface area contributed by atoms with Gasteiger partial charge in [0.25, 0.3) is 0 Å². The summed E-state index contributed by atoms with van der Waals surface area (Å²) in [5.74, 6) is 1.55. The summed E-state index contributed by atoms with van der Waals surface area (Å²) >= 11 is -0.537. The summed E-state index contributed by atoms with van der Waals surface area (Å²) in [6, 6.07) is 0. The Kier molecular flexibility index (Phi) is 12.1. The Bertz CT molecular complexity index is 442. The van der Waals surface area contributed by atoms with Crippen LogP contribution in [0.1, 0.15) is 66.2 Å². The van der Waals surface area contributed by atoms with Gasteiger partial charge in [-0.05, 0) is 0 Å². The Morgan fingerprint density at radius 2 is 1.22 bits per heavy atom. The number of rotatable bonds is 8. The van der Waals surface area contributed by atoms with Crippen molar-refractivity contribution in [3.8, 4) is 0 Å². The van der Waals surface area contributed by atoms with Crippen molar-refractivity contribution < 1.29 is 48.0 Å². The Morgan fingerprint density at radius 1 is 0.826 bits per heavy atom. The summed E-state index contributed by atoms with van der Waals surface area (Å²) in [5.41, 5.74) is 3.43. The third-order valence-electron chi connectivity index (χ3n) is 4.74. The topological polar surface area (TPSA) is 0 Å². The summed E-state index contributed by atoms with van der Waals surface area (Å²) in [6.07, 6.45) is 17.5. The van der Waals surface area contributed by atoms with Crippen molar-refractivity contribution in [1.29, 1.82) is 0 Å². The molecule has 2 unspecified atom stereocenters. The number of hydrogen-bond donors (Lipinski definition) is 0. The van der Waals surface area contributed by atoms with Crippen LogP contribution in [0.4, 0.5) is 0 Å². The molecule has 0 amide bonds. The summed E-state index contributed by atoms with van der Waals surface area (Å²) in [6.45, 7) is 9.47. The molecule has 2 atom stereocenters. The van der Waals surface area contributed by atoms with Crippen molar-refractivity contribution >= 4 is 0 Å². The van der Waals surface area contributed by atoms with Crippen LogP contribution in [-0.2, 0) is 23.2 Å². The maximum Gasteiger partial charge on any atom is -1.00 e. The maximum absolute atomic E-state index is 2.44. The molecule has 128 valence electrons. The molecule has 0 fully saturated rings. The molecule has 2 rings (SSSR count). The second-order valence-electron chi connectivity index (χ2n) is 6.59. The third-order valence-corrected chi connectivity index (χ3v) is 8.65. The first kappa shape index (κ1) is 23.4. The third kappa shape index (κ3) is 6.34. The molecule has 0 heterocycles. The zero-order valence-electron chi connectivity index (χ0n) is 15.0. The smallest absolute Gasteiger partial charge is 1.00 e. The van der Waals surface area contributed by atoms with E-state index in [4.69, 9.17) is 0 Å². The fraction of sp³-hybridized carbons (Fsp3) is 0.600. The molecule has 23 heavy (non-hydrogen) atoms. The normalized spacial score (nSPS) is 18.6. The van der Waals surface area contributed by atoms with Gasteiger partial charge in [-0.1, -0.05) is 0 Å². The van der Waals surface area contributed by atoms with Gasteiger partial charge in [-0.3, -0.25) is 0 Å². The molecule has 2 aliphatic carbocycles. The SMILES string of the molecule is CCCC(C)C1=[C]([Zr+2][C]2=C(C(C)CCC)C=CC2)CC=C1.[Cl-].[Cl-]. The zero-order chi connectivity index (χ0) is 15.2. The first-order valence-corrected chi connectivity index (χ1v) is 11.2. The van der Waals surface area contributed by atoms with E-state index in [9.17, 15) is 0 Å². The van der Waals surface area contributed by atoms with Crippen LogP contribution in [0.5, 0.6) is 0 Å². The van der Waals surface area contributed by atoms with Crippen LogP contribution in [0, 0.1) is 11.8 Å². The minimum absolute atomic E-state index is 0. The molecule has 0 radical (unpaired) electrons. The van der Waals surface area contributed by atoms with Crippen LogP contribution >= 0.6 is 0 Å². The van der Waals surface area contributed by atoms with E-state index in [1.807, 2.05) is 6.56 Å². The second-order valence-corrected chi connectivity index (χ2v) is 10.2. The molecule has 0 aromatic rings. The molecular formula is C20H30Cl2Zr. The van der Waals surface area contributed by atoms with Gasteiger partial charge in [-0.25, -0.2) is 0 Å². The summed E-state index contributed by atoms with van der Waals surface area (Å²) in [7, 11) is 0. The molecule has 0 nitrogen and oxygen atoms in total. The largest absolute Gasteiger partial charge is 1.00 e. The van der Waals surface area contributed by atoms with E-state index >= 15 is 0 Å². The molecule has 0 saturated carbocycles. The summed E-state index contributed by atoms with van der Waals surface area (Å²) in [4.78, 5) is 0. The molecule has 3 heteroatoms. The van der Waals surface area contributed by atoms with Crippen LogP contribution in [0.3, 0.4) is 0 Å². The van der Waals surface area contributed by atoms with E-state index in [1.54, 1.807) is 11.1 Å². The van der Waals surface area contributed by atoms with Gasteiger partial charge < -0.3 is 24.8 Å². The van der Waals surface area contributed by atoms with Crippen molar-refractivity contribution in [1.82, 2.24) is 0 Å². The standard InChI is InChI=1S/2C10H15.2ClH.Zr/c2*1-3-6-9(2)10-7-4-5-8-10;;;/h2*4,7,9H,3,5-6H2,1-2H3;2*1H;/q;;;;+2/p-2. The van der Waals surface area contributed by atoms with Gasteiger partial charge in [0.2, 0.25) is 0 Å². The first-order valence-electron chi connectivity index (χ1n) is 8.73. The maximum atomic E-state index is 2.44. The molecule has 0 aromatic heterocycles. The van der Waals surface area contributed by atoms with E-state index in [-0.39, 0.29) is 24.8 Å². The van der Waals surface area contributed by atoms with E-state index in [1.165, 1.54) is 38.5 Å². The predicted octanol–water partition coefficient (Wildman–Crippen LogP) is 0.377. The minimum Gasteiger partial charge on any atom is -1.00 e. The number of allylic oxidation sites excluding steroid dienone is 8. The Labute approximate surface area is 167 Å². The van der Waals surface area contributed by atoms with Gasteiger partial charge in [0.05, 0.1) is 0 Å². The number of halogens is 2. The van der Waals surface area contributed by atoms with Crippen LogP contribution in [0.25, 0.3) is 0 Å². The van der Waals surface area contributed by atoms with Crippen LogP contribution in [0.2, 0.25) is 0 Å². The molecule has 0 aliphatic heterocycles. The summed E-state index contributed by atoms with van der Waals surface area (Å²) in [5, 5.41) is 0. The van der Waals surface area contributed by atoms with Gasteiger partial charge in [-0.2, -0.15) is 0 Å². The molecular weight excluding hydrogens is 402 g/mol. The first-order chi connectivity index (χ1) is 10.2. The van der Waals surface area contributed by atoms with E-state index in [0.717, 1.165) is 11.8 Å². The minimum atomic E-state index is -0.537. The van der Waals surface area contributed by atoms with Crippen molar-refractivity contribution in [2.45, 2.75) is 66.2 Å². The monoisotopic (exact) mass is 430 g/mol. The number of hydrogen-bond acceptors (Lipinski definition) is 0. The second kappa shape index (κ2) is 11.9. The van der Waals surface area contributed by atoms with Gasteiger partial charge in [0.1, 0.15) is 0 Å². The van der Waals surface area contributed by atoms with Crippen molar-refractivity contribution in [2.24, 2.45) is 11.8 Å². The van der Waals surface area contributed by atoms with Crippen molar-refractivity contribution in [3.63, 3.8) is 0 Å². The van der Waals surface area contributed by atoms with E-state index < -0.39 is 23.2 Å². The quantitative estimate of drug-likeness (QED) is 0.520. The van der Waals surface area contributed by atoms with Crippen molar-refractivity contribution in [2.75, 3.05) is 0 Å². The molecule has 2 aliphatic rings. The molecule has 0 N–H and O–H groups in total. The zero-order valence-corrected chi connectivity index (χ0v) is 18.9. The van der Waals surface area contributed by atoms with Crippen LogP contribution < -0.4 is 24.8 Å². The fourth-order valence-corrected chi connectivity index (χ4v) is 7.88. The molecule has 0 saturated heterocycles. The Morgan fingerprint density at radius 3 is 1.57 bits per heavy atom. The fourth-order valence-electron chi connectivity index (χ4n) is 3.57. The van der Waals surface area contributed by atoms with E-state index in [2.05, 4.69) is 52.0 Å². The summed E-state index contributed by atoms with van der Waals surface area (Å²) < 4.78 is 3.72. The average molecular weight is 433 g/mol. The van der Waals surface area contributed by atoms with Gasteiger partial charge in [0.15, 0.2) is 0 Å². The Balaban J connectivity index is 0.00000242. The Hall–Kier alpha value is 0.423. The predicted molar refractivity (Wildman–Crippen MR) is 89.7 cm³/mol. The van der Waals surface area contributed by atoms with E-state index in [0.29, 0.717) is 0 Å². The van der Waals surface area contributed by atoms with Crippen LogP contribution in [0.15, 0.2) is 42.0 Å². The average Bonchev–Trinajstić information content (AvgIpc) is 3.09. The van der Waals surface area contributed by atoms with Gasteiger partial charge in [-0.15, -0.1) is 0 Å². The molecule has 0 spiro atoms. The van der Waals surface area contributed by atoms with Gasteiger partial charge >= 0.3 is 143 Å². The molecule has 0 bridgehead atoms. The van der Waals surface area contributed by atoms with Crippen LogP contribution in [-0.4, -0.2) is 0 Å². The van der Waals surface area contributed by atoms with Gasteiger partial charge in [0, 0.05) is 0 Å². The van der Waals surface area contributed by atoms with Crippen molar-refractivity contribution in [3.05, 3.63) is 42.0 Å². The molecule has 0 aromatic carbocycles.